The number of aromatic nitrogens is 2. The quantitative estimate of drug-likeness (QED) is 0.712. The molecule has 1 unspecified atom stereocenters. The number of hydrogen-bond acceptors (Lipinski definition) is 2. The Morgan fingerprint density at radius 3 is 2.55 bits per heavy atom. The number of halogens is 1. The summed E-state index contributed by atoms with van der Waals surface area (Å²) in [4.78, 5) is 0. The van der Waals surface area contributed by atoms with Crippen molar-refractivity contribution < 1.29 is 0 Å². The first kappa shape index (κ1) is 13.3. The predicted octanol–water partition coefficient (Wildman–Crippen LogP) is 3.53. The number of benzene rings is 2. The Kier molecular flexibility index (Phi) is 3.84. The van der Waals surface area contributed by atoms with Gasteiger partial charge in [-0.15, -0.1) is 0 Å². The summed E-state index contributed by atoms with van der Waals surface area (Å²) in [6.07, 6.45) is 1.79. The maximum absolute atomic E-state index is 6.40. The van der Waals surface area contributed by atoms with E-state index < -0.39 is 0 Å². The summed E-state index contributed by atoms with van der Waals surface area (Å²) < 4.78 is 3.08. The maximum atomic E-state index is 6.40. The first-order valence-corrected chi connectivity index (χ1v) is 7.44. The van der Waals surface area contributed by atoms with Crippen LogP contribution in [-0.2, 0) is 0 Å². The molecule has 0 saturated heterocycles. The summed E-state index contributed by atoms with van der Waals surface area (Å²) in [6.45, 7) is 0. The van der Waals surface area contributed by atoms with Crippen LogP contribution in [0.25, 0.3) is 5.69 Å². The summed E-state index contributed by atoms with van der Waals surface area (Å²) >= 11 is 2.30. The molecule has 1 heterocycles. The summed E-state index contributed by atoms with van der Waals surface area (Å²) in [5, 5.41) is 4.39. The first-order valence-electron chi connectivity index (χ1n) is 6.36. The Hall–Kier alpha value is -1.66. The highest BCUT2D eigenvalue weighted by atomic mass is 127. The molecule has 4 heteroatoms. The molecule has 2 N–H and O–H groups in total. The molecule has 100 valence electrons. The minimum absolute atomic E-state index is 0.188. The van der Waals surface area contributed by atoms with Crippen molar-refractivity contribution in [2.75, 3.05) is 0 Å². The molecule has 1 aromatic heterocycles. The highest BCUT2D eigenvalue weighted by molar-refractivity contribution is 14.1. The van der Waals surface area contributed by atoms with Crippen LogP contribution in [0.1, 0.15) is 17.3 Å². The second kappa shape index (κ2) is 5.76. The van der Waals surface area contributed by atoms with E-state index in [0.29, 0.717) is 0 Å². The van der Waals surface area contributed by atoms with E-state index in [1.807, 2.05) is 47.1 Å². The van der Waals surface area contributed by atoms with Gasteiger partial charge in [-0.05, 0) is 58.5 Å². The van der Waals surface area contributed by atoms with Crippen LogP contribution < -0.4 is 5.73 Å². The van der Waals surface area contributed by atoms with Gasteiger partial charge in [0.25, 0.3) is 0 Å². The molecular formula is C16H14IN3. The number of nitrogens with zero attached hydrogens (tertiary/aromatic N) is 2. The van der Waals surface area contributed by atoms with Gasteiger partial charge >= 0.3 is 0 Å². The highest BCUT2D eigenvalue weighted by Gasteiger charge is 2.15. The molecule has 0 aliphatic rings. The van der Waals surface area contributed by atoms with Gasteiger partial charge in [0.2, 0.25) is 0 Å². The topological polar surface area (TPSA) is 43.8 Å². The highest BCUT2D eigenvalue weighted by Crippen LogP contribution is 2.23. The molecule has 3 nitrogen and oxygen atoms in total. The van der Waals surface area contributed by atoms with Crippen molar-refractivity contribution in [3.8, 4) is 5.69 Å². The second-order valence-electron chi connectivity index (χ2n) is 4.54. The molecule has 0 amide bonds. The van der Waals surface area contributed by atoms with Gasteiger partial charge in [-0.2, -0.15) is 5.10 Å². The molecule has 3 rings (SSSR count). The standard InChI is InChI=1S/C16H14IN3/c17-13-6-4-5-12(11-13)16(18)15-9-10-19-20(15)14-7-2-1-3-8-14/h1-11,16H,18H2. The Labute approximate surface area is 131 Å². The van der Waals surface area contributed by atoms with E-state index in [-0.39, 0.29) is 6.04 Å². The smallest absolute Gasteiger partial charge is 0.0728 e. The van der Waals surface area contributed by atoms with Crippen LogP contribution in [-0.4, -0.2) is 9.78 Å². The number of para-hydroxylation sites is 1. The van der Waals surface area contributed by atoms with E-state index >= 15 is 0 Å². The Morgan fingerprint density at radius 2 is 1.80 bits per heavy atom. The summed E-state index contributed by atoms with van der Waals surface area (Å²) in [7, 11) is 0. The minimum atomic E-state index is -0.188. The van der Waals surface area contributed by atoms with Gasteiger partial charge < -0.3 is 5.73 Å². The van der Waals surface area contributed by atoms with Crippen molar-refractivity contribution >= 4 is 22.6 Å². The van der Waals surface area contributed by atoms with Crippen molar-refractivity contribution in [2.45, 2.75) is 6.04 Å². The van der Waals surface area contributed by atoms with Gasteiger partial charge in [0.15, 0.2) is 0 Å². The molecule has 1 atom stereocenters. The fourth-order valence-corrected chi connectivity index (χ4v) is 2.77. The third kappa shape index (κ3) is 2.62. The Bertz CT molecular complexity index is 707. The van der Waals surface area contributed by atoms with Gasteiger partial charge in [-0.3, -0.25) is 0 Å². The average molecular weight is 375 g/mol. The fraction of sp³-hybridized carbons (Fsp3) is 0.0625. The monoisotopic (exact) mass is 375 g/mol. The van der Waals surface area contributed by atoms with Crippen LogP contribution in [0.2, 0.25) is 0 Å². The SMILES string of the molecule is NC(c1cccc(I)c1)c1ccnn1-c1ccccc1. The Morgan fingerprint density at radius 1 is 1.00 bits per heavy atom. The van der Waals surface area contributed by atoms with Crippen molar-refractivity contribution in [1.82, 2.24) is 9.78 Å². The summed E-state index contributed by atoms with van der Waals surface area (Å²) in [5.74, 6) is 0. The van der Waals surface area contributed by atoms with E-state index in [2.05, 4.69) is 45.9 Å². The van der Waals surface area contributed by atoms with Crippen molar-refractivity contribution in [3.05, 3.63) is 81.7 Å². The van der Waals surface area contributed by atoms with Crippen LogP contribution >= 0.6 is 22.6 Å². The lowest BCUT2D eigenvalue weighted by Gasteiger charge is -2.15. The fourth-order valence-electron chi connectivity index (χ4n) is 2.20. The van der Waals surface area contributed by atoms with Gasteiger partial charge in [-0.25, -0.2) is 4.68 Å². The van der Waals surface area contributed by atoms with Gasteiger partial charge in [0, 0.05) is 9.77 Å². The second-order valence-corrected chi connectivity index (χ2v) is 5.78. The zero-order valence-corrected chi connectivity index (χ0v) is 12.9. The molecule has 2 aromatic carbocycles. The Balaban J connectivity index is 2.02. The van der Waals surface area contributed by atoms with E-state index in [1.165, 1.54) is 3.57 Å². The molecule has 0 spiro atoms. The van der Waals surface area contributed by atoms with Crippen molar-refractivity contribution in [1.29, 1.82) is 0 Å². The van der Waals surface area contributed by atoms with E-state index in [4.69, 9.17) is 5.73 Å². The summed E-state index contributed by atoms with van der Waals surface area (Å²) in [6, 6.07) is 20.1. The molecule has 0 aliphatic carbocycles. The van der Waals surface area contributed by atoms with Crippen LogP contribution in [0.15, 0.2) is 66.9 Å². The zero-order valence-electron chi connectivity index (χ0n) is 10.8. The van der Waals surface area contributed by atoms with E-state index in [0.717, 1.165) is 16.9 Å². The molecule has 0 bridgehead atoms. The normalized spacial score (nSPS) is 12.3. The van der Waals surface area contributed by atoms with Gasteiger partial charge in [0.05, 0.1) is 17.4 Å². The number of nitrogens with two attached hydrogens (primary N) is 1. The van der Waals surface area contributed by atoms with E-state index in [1.54, 1.807) is 6.20 Å². The minimum Gasteiger partial charge on any atom is -0.319 e. The molecule has 20 heavy (non-hydrogen) atoms. The van der Waals surface area contributed by atoms with Crippen molar-refractivity contribution in [3.63, 3.8) is 0 Å². The molecule has 3 aromatic rings. The third-order valence-electron chi connectivity index (χ3n) is 3.20. The molecular weight excluding hydrogens is 361 g/mol. The molecule has 0 saturated carbocycles. The van der Waals surface area contributed by atoms with E-state index in [9.17, 15) is 0 Å². The van der Waals surface area contributed by atoms with Crippen molar-refractivity contribution in [2.24, 2.45) is 5.73 Å². The average Bonchev–Trinajstić information content (AvgIpc) is 2.97. The zero-order chi connectivity index (χ0) is 13.9. The largest absolute Gasteiger partial charge is 0.319 e. The third-order valence-corrected chi connectivity index (χ3v) is 3.87. The summed E-state index contributed by atoms with van der Waals surface area (Å²) in [5.41, 5.74) is 9.50. The predicted molar refractivity (Wildman–Crippen MR) is 88.8 cm³/mol. The first-order chi connectivity index (χ1) is 9.75. The molecule has 0 aliphatic heterocycles. The van der Waals surface area contributed by atoms with Crippen LogP contribution in [0.4, 0.5) is 0 Å². The van der Waals surface area contributed by atoms with Crippen LogP contribution in [0, 0.1) is 3.57 Å². The lowest BCUT2D eigenvalue weighted by Crippen LogP contribution is -2.16. The molecule has 0 radical (unpaired) electrons. The lowest BCUT2D eigenvalue weighted by molar-refractivity contribution is 0.739. The number of hydrogen-bond donors (Lipinski definition) is 1. The van der Waals surface area contributed by atoms with Gasteiger partial charge in [0.1, 0.15) is 0 Å². The lowest BCUT2D eigenvalue weighted by atomic mass is 10.0. The van der Waals surface area contributed by atoms with Crippen LogP contribution in [0.5, 0.6) is 0 Å². The van der Waals surface area contributed by atoms with Crippen LogP contribution in [0.3, 0.4) is 0 Å². The maximum Gasteiger partial charge on any atom is 0.0728 e. The van der Waals surface area contributed by atoms with Gasteiger partial charge in [-0.1, -0.05) is 30.3 Å². The number of rotatable bonds is 3. The molecule has 0 fully saturated rings.